The fourth-order valence-electron chi connectivity index (χ4n) is 3.75. The molecule has 3 rings (SSSR count). The number of hydrogen-bond acceptors (Lipinski definition) is 7. The van der Waals surface area contributed by atoms with Gasteiger partial charge in [0.2, 0.25) is 5.91 Å². The summed E-state index contributed by atoms with van der Waals surface area (Å²) in [6, 6.07) is 0. The molecule has 0 atom stereocenters. The van der Waals surface area contributed by atoms with Gasteiger partial charge in [0.1, 0.15) is 10.8 Å². The van der Waals surface area contributed by atoms with E-state index in [9.17, 15) is 9.59 Å². The zero-order chi connectivity index (χ0) is 21.5. The SMILES string of the molecule is CCCn1c(CC)nnc1SCC(=O)Nc1sc2c(c1C(=O)OC)CCCCCC2. The van der Waals surface area contributed by atoms with Crippen LogP contribution in [0.2, 0.25) is 0 Å². The number of ether oxygens (including phenoxy) is 1. The van der Waals surface area contributed by atoms with E-state index in [0.29, 0.717) is 10.6 Å². The average Bonchev–Trinajstić information content (AvgIpc) is 3.26. The third-order valence-corrected chi connectivity index (χ3v) is 7.38. The lowest BCUT2D eigenvalue weighted by Gasteiger charge is -2.11. The van der Waals surface area contributed by atoms with Gasteiger partial charge in [-0.3, -0.25) is 4.79 Å². The second-order valence-electron chi connectivity index (χ2n) is 7.35. The second kappa shape index (κ2) is 10.9. The van der Waals surface area contributed by atoms with Crippen molar-refractivity contribution >= 4 is 40.0 Å². The Morgan fingerprint density at radius 2 is 1.93 bits per heavy atom. The number of esters is 1. The lowest BCUT2D eigenvalue weighted by atomic mass is 9.96. The van der Waals surface area contributed by atoms with Crippen LogP contribution in [0.1, 0.15) is 72.6 Å². The number of fused-ring (bicyclic) bond motifs is 1. The minimum absolute atomic E-state index is 0.150. The maximum Gasteiger partial charge on any atom is 0.341 e. The number of carbonyl (C=O) groups is 2. The van der Waals surface area contributed by atoms with Gasteiger partial charge in [0.15, 0.2) is 5.16 Å². The van der Waals surface area contributed by atoms with Crippen LogP contribution in [0.15, 0.2) is 5.16 Å². The summed E-state index contributed by atoms with van der Waals surface area (Å²) in [5, 5.41) is 12.8. The Morgan fingerprint density at radius 3 is 2.63 bits per heavy atom. The molecular formula is C21H30N4O3S2. The first kappa shape index (κ1) is 22.8. The van der Waals surface area contributed by atoms with Crippen molar-refractivity contribution in [2.75, 3.05) is 18.2 Å². The summed E-state index contributed by atoms with van der Waals surface area (Å²) in [5.41, 5.74) is 1.60. The Bertz CT molecular complexity index is 891. The number of carbonyl (C=O) groups excluding carboxylic acids is 2. The fraction of sp³-hybridized carbons (Fsp3) is 0.619. The summed E-state index contributed by atoms with van der Waals surface area (Å²) in [4.78, 5) is 26.4. The number of nitrogens with zero attached hydrogens (tertiary/aromatic N) is 3. The van der Waals surface area contributed by atoms with Gasteiger partial charge in [-0.2, -0.15) is 0 Å². The normalized spacial score (nSPS) is 14.0. The Morgan fingerprint density at radius 1 is 1.17 bits per heavy atom. The molecule has 0 saturated heterocycles. The number of aryl methyl sites for hydroxylation is 2. The number of amides is 1. The summed E-state index contributed by atoms with van der Waals surface area (Å²) < 4.78 is 7.11. The van der Waals surface area contributed by atoms with Gasteiger partial charge in [-0.25, -0.2) is 4.79 Å². The summed E-state index contributed by atoms with van der Waals surface area (Å²) in [5.74, 6) is 0.634. The number of aromatic nitrogens is 3. The van der Waals surface area contributed by atoms with Crippen LogP contribution in [0.3, 0.4) is 0 Å². The number of thioether (sulfide) groups is 1. The van der Waals surface area contributed by atoms with Crippen molar-refractivity contribution in [1.29, 1.82) is 0 Å². The monoisotopic (exact) mass is 450 g/mol. The first-order valence-electron chi connectivity index (χ1n) is 10.7. The number of methoxy groups -OCH3 is 1. The van der Waals surface area contributed by atoms with E-state index in [4.69, 9.17) is 4.74 Å². The standard InChI is InChI=1S/C21H30N4O3S2/c1-4-12-25-16(5-2)23-24-21(25)29-13-17(26)22-19-18(20(27)28-3)14-10-8-6-7-9-11-15(14)30-19/h4-13H2,1-3H3,(H,22,26). The largest absolute Gasteiger partial charge is 0.465 e. The molecule has 164 valence electrons. The van der Waals surface area contributed by atoms with Crippen LogP contribution < -0.4 is 5.32 Å². The number of rotatable bonds is 8. The highest BCUT2D eigenvalue weighted by molar-refractivity contribution is 7.99. The number of hydrogen-bond donors (Lipinski definition) is 1. The first-order valence-corrected chi connectivity index (χ1v) is 12.5. The van der Waals surface area contributed by atoms with E-state index in [1.165, 1.54) is 47.9 Å². The molecule has 1 N–H and O–H groups in total. The molecule has 0 fully saturated rings. The summed E-state index contributed by atoms with van der Waals surface area (Å²) in [6.45, 7) is 5.00. The molecule has 0 spiro atoms. The third-order valence-electron chi connectivity index (χ3n) is 5.20. The van der Waals surface area contributed by atoms with Crippen LogP contribution in [0.25, 0.3) is 0 Å². The zero-order valence-electron chi connectivity index (χ0n) is 18.0. The highest BCUT2D eigenvalue weighted by Gasteiger charge is 2.26. The molecule has 7 nitrogen and oxygen atoms in total. The smallest absolute Gasteiger partial charge is 0.341 e. The molecule has 2 heterocycles. The molecule has 0 radical (unpaired) electrons. The predicted molar refractivity (Wildman–Crippen MR) is 121 cm³/mol. The van der Waals surface area contributed by atoms with Crippen LogP contribution in [0.4, 0.5) is 5.00 Å². The highest BCUT2D eigenvalue weighted by atomic mass is 32.2. The topological polar surface area (TPSA) is 86.1 Å². The van der Waals surface area contributed by atoms with Gasteiger partial charge in [0.25, 0.3) is 0 Å². The van der Waals surface area contributed by atoms with Crippen molar-refractivity contribution in [3.8, 4) is 0 Å². The Hall–Kier alpha value is -1.87. The number of anilines is 1. The van der Waals surface area contributed by atoms with Crippen molar-refractivity contribution < 1.29 is 14.3 Å². The lowest BCUT2D eigenvalue weighted by molar-refractivity contribution is -0.113. The second-order valence-corrected chi connectivity index (χ2v) is 9.40. The van der Waals surface area contributed by atoms with Crippen molar-refractivity contribution in [2.24, 2.45) is 0 Å². The van der Waals surface area contributed by atoms with Gasteiger partial charge in [0.05, 0.1) is 18.4 Å². The number of thiophene rings is 1. The molecule has 2 aromatic rings. The van der Waals surface area contributed by atoms with Gasteiger partial charge in [-0.05, 0) is 37.7 Å². The zero-order valence-corrected chi connectivity index (χ0v) is 19.6. The van der Waals surface area contributed by atoms with Gasteiger partial charge in [0, 0.05) is 17.8 Å². The Balaban J connectivity index is 1.74. The number of nitrogens with one attached hydrogen (secondary N) is 1. The minimum atomic E-state index is -0.369. The molecule has 0 aliphatic heterocycles. The van der Waals surface area contributed by atoms with E-state index >= 15 is 0 Å². The van der Waals surface area contributed by atoms with Gasteiger partial charge in [-0.1, -0.05) is 38.5 Å². The average molecular weight is 451 g/mol. The van der Waals surface area contributed by atoms with Crippen molar-refractivity contribution in [1.82, 2.24) is 14.8 Å². The molecule has 0 saturated carbocycles. The molecule has 1 aliphatic rings. The van der Waals surface area contributed by atoms with Gasteiger partial charge < -0.3 is 14.6 Å². The Kier molecular flexibility index (Phi) is 8.32. The quantitative estimate of drug-likeness (QED) is 0.471. The fourth-order valence-corrected chi connectivity index (χ4v) is 5.83. The van der Waals surface area contributed by atoms with Crippen molar-refractivity contribution in [3.05, 3.63) is 21.8 Å². The predicted octanol–water partition coefficient (Wildman–Crippen LogP) is 4.49. The van der Waals surface area contributed by atoms with Gasteiger partial charge >= 0.3 is 5.97 Å². The van der Waals surface area contributed by atoms with E-state index in [1.807, 2.05) is 0 Å². The molecule has 2 aromatic heterocycles. The molecule has 0 unspecified atom stereocenters. The van der Waals surface area contributed by atoms with Crippen LogP contribution in [0.5, 0.6) is 0 Å². The maximum absolute atomic E-state index is 12.7. The van der Waals surface area contributed by atoms with Crippen LogP contribution in [0, 0.1) is 0 Å². The molecule has 0 aromatic carbocycles. The van der Waals surface area contributed by atoms with E-state index in [2.05, 4.69) is 33.9 Å². The first-order chi connectivity index (χ1) is 14.6. The van der Waals surface area contributed by atoms with E-state index < -0.39 is 0 Å². The van der Waals surface area contributed by atoms with Crippen LogP contribution in [-0.4, -0.2) is 39.5 Å². The van der Waals surface area contributed by atoms with E-state index in [0.717, 1.165) is 61.6 Å². The minimum Gasteiger partial charge on any atom is -0.465 e. The van der Waals surface area contributed by atoms with Crippen molar-refractivity contribution in [3.63, 3.8) is 0 Å². The van der Waals surface area contributed by atoms with Crippen LogP contribution in [-0.2, 0) is 35.3 Å². The summed E-state index contributed by atoms with van der Waals surface area (Å²) >= 11 is 2.90. The molecule has 30 heavy (non-hydrogen) atoms. The van der Waals surface area contributed by atoms with Crippen LogP contribution >= 0.6 is 23.1 Å². The molecule has 9 heteroatoms. The lowest BCUT2D eigenvalue weighted by Crippen LogP contribution is -2.17. The molecule has 0 bridgehead atoms. The highest BCUT2D eigenvalue weighted by Crippen LogP contribution is 2.37. The third kappa shape index (κ3) is 5.24. The molecule has 1 amide bonds. The maximum atomic E-state index is 12.7. The Labute approximate surface area is 186 Å². The summed E-state index contributed by atoms with van der Waals surface area (Å²) in [7, 11) is 1.39. The molecule has 1 aliphatic carbocycles. The van der Waals surface area contributed by atoms with E-state index in [1.54, 1.807) is 0 Å². The summed E-state index contributed by atoms with van der Waals surface area (Å²) in [6.07, 6.45) is 8.16. The van der Waals surface area contributed by atoms with Crippen molar-refractivity contribution in [2.45, 2.75) is 76.9 Å². The van der Waals surface area contributed by atoms with E-state index in [-0.39, 0.29) is 17.6 Å². The van der Waals surface area contributed by atoms with Gasteiger partial charge in [-0.15, -0.1) is 21.5 Å². The molecular weight excluding hydrogens is 420 g/mol.